The van der Waals surface area contributed by atoms with E-state index in [9.17, 15) is 24.0 Å². The van der Waals surface area contributed by atoms with Crippen LogP contribution in [-0.2, 0) is 28.7 Å². The van der Waals surface area contributed by atoms with E-state index in [-0.39, 0.29) is 41.8 Å². The van der Waals surface area contributed by atoms with Crippen molar-refractivity contribution >= 4 is 82.2 Å². The van der Waals surface area contributed by atoms with Crippen LogP contribution >= 0.6 is 11.6 Å². The molecule has 292 valence electrons. The Bertz CT molecular complexity index is 2350. The number of carbonyl (C=O) groups is 5. The van der Waals surface area contributed by atoms with Crippen LogP contribution in [0.1, 0.15) is 70.4 Å². The van der Waals surface area contributed by atoms with Crippen LogP contribution in [-0.4, -0.2) is 103 Å². The maximum atomic E-state index is 12.9. The minimum atomic E-state index is -0.651. The summed E-state index contributed by atoms with van der Waals surface area (Å²) in [6.45, 7) is 8.33. The first-order valence-corrected chi connectivity index (χ1v) is 18.8. The van der Waals surface area contributed by atoms with Crippen LogP contribution in [0.25, 0.3) is 23.4 Å². The summed E-state index contributed by atoms with van der Waals surface area (Å²) < 4.78 is 14.3. The highest BCUT2D eigenvalue weighted by Crippen LogP contribution is 2.35. The summed E-state index contributed by atoms with van der Waals surface area (Å²) in [6.07, 6.45) is 10.1. The Balaban J connectivity index is 0.000000158. The molecule has 2 aliphatic carbocycles. The average Bonchev–Trinajstić information content (AvgIpc) is 4.01. The molecular weight excluding hydrogens is 746 g/mol. The molecule has 9 rings (SSSR count). The number of anilines is 3. The summed E-state index contributed by atoms with van der Waals surface area (Å²) in [4.78, 5) is 72.4. The van der Waals surface area contributed by atoms with Gasteiger partial charge in [0, 0.05) is 59.6 Å². The predicted octanol–water partition coefficient (Wildman–Crippen LogP) is 3.29. The number of hydrogen-bond donors (Lipinski definition) is 3. The van der Waals surface area contributed by atoms with Crippen molar-refractivity contribution in [2.45, 2.75) is 77.0 Å². The zero-order valence-corrected chi connectivity index (χ0v) is 31.8. The van der Waals surface area contributed by atoms with E-state index in [0.717, 1.165) is 56.0 Å². The van der Waals surface area contributed by atoms with E-state index >= 15 is 0 Å². The smallest absolute Gasteiger partial charge is 0.416 e. The number of ether oxygens (including phenoxy) is 2. The molecule has 5 amide bonds. The SMILES string of the molecule is CC(C)(C)OC(=O)N(c1cc(Cl)nc2c(/C=C3\CC(=O)NC3=O)cnn12)C1CC1.O=C1C/C(=C\c2cnn3c(NC4CC4)cc(N4CCOCC4)nc23)C(=O)N1. The molecule has 0 spiro atoms. The lowest BCUT2D eigenvalue weighted by molar-refractivity contribution is -0.125. The predicted molar refractivity (Wildman–Crippen MR) is 204 cm³/mol. The van der Waals surface area contributed by atoms with Gasteiger partial charge in [0.15, 0.2) is 11.3 Å². The van der Waals surface area contributed by atoms with Gasteiger partial charge in [-0.3, -0.25) is 34.7 Å². The molecule has 4 aromatic heterocycles. The standard InChI is InChI=1S/C19H20ClN5O4.C18H20N6O3/c1-19(2,3)29-18(28)24(12-4-5-12)15-8-13(20)22-16-11(9-21-25(15)16)6-10-7-14(26)23-17(10)27;25-16-8-11(18(26)22-16)7-12-10-19-24-15(20-13-1-2-13)9-14(21-17(12)24)23-3-5-27-6-4-23/h6,8-9,12H,4-5,7H2,1-3H3,(H,23,26,27);7,9-10,13,20H,1-6,8H2,(H,22,25,26)/b10-6+;11-7+. The van der Waals surface area contributed by atoms with Crippen molar-refractivity contribution in [1.82, 2.24) is 39.8 Å². The number of halogens is 1. The third kappa shape index (κ3) is 8.06. The van der Waals surface area contributed by atoms with Crippen molar-refractivity contribution in [3.8, 4) is 0 Å². The molecule has 5 fully saturated rings. The summed E-state index contributed by atoms with van der Waals surface area (Å²) in [5.41, 5.74) is 2.40. The van der Waals surface area contributed by atoms with E-state index in [1.165, 1.54) is 10.7 Å². The van der Waals surface area contributed by atoms with Crippen LogP contribution in [0, 0.1) is 0 Å². The number of nitrogens with zero attached hydrogens (tertiary/aromatic N) is 8. The van der Waals surface area contributed by atoms with Gasteiger partial charge in [-0.2, -0.15) is 19.2 Å². The molecule has 3 aliphatic heterocycles. The van der Waals surface area contributed by atoms with Gasteiger partial charge < -0.3 is 19.7 Å². The summed E-state index contributed by atoms with van der Waals surface area (Å²) in [5.74, 6) is 0.773. The Morgan fingerprint density at radius 2 is 1.48 bits per heavy atom. The maximum Gasteiger partial charge on any atom is 0.416 e. The van der Waals surface area contributed by atoms with Gasteiger partial charge >= 0.3 is 6.09 Å². The van der Waals surface area contributed by atoms with E-state index in [1.807, 2.05) is 6.07 Å². The number of hydrogen-bond acceptors (Lipinski definition) is 13. The fourth-order valence-electron chi connectivity index (χ4n) is 6.46. The zero-order valence-electron chi connectivity index (χ0n) is 31.0. The molecule has 5 aliphatic rings. The van der Waals surface area contributed by atoms with Crippen molar-refractivity contribution in [1.29, 1.82) is 0 Å². The molecular formula is C37H40ClN11O7. The van der Waals surface area contributed by atoms with E-state index < -0.39 is 17.6 Å². The summed E-state index contributed by atoms with van der Waals surface area (Å²) in [5, 5.41) is 17.0. The van der Waals surface area contributed by atoms with Crippen LogP contribution < -0.4 is 25.8 Å². The Morgan fingerprint density at radius 1 is 0.893 bits per heavy atom. The van der Waals surface area contributed by atoms with Crippen molar-refractivity contribution in [3.05, 3.63) is 52.0 Å². The average molecular weight is 786 g/mol. The molecule has 4 aromatic rings. The molecule has 2 saturated carbocycles. The molecule has 3 saturated heterocycles. The number of imide groups is 2. The Morgan fingerprint density at radius 3 is 2.02 bits per heavy atom. The lowest BCUT2D eigenvalue weighted by Crippen LogP contribution is -2.39. The number of carbonyl (C=O) groups excluding carboxylic acids is 5. The maximum absolute atomic E-state index is 12.9. The molecule has 0 bridgehead atoms. The lowest BCUT2D eigenvalue weighted by Gasteiger charge is -2.28. The van der Waals surface area contributed by atoms with Crippen LogP contribution in [0.2, 0.25) is 5.15 Å². The second kappa shape index (κ2) is 14.6. The lowest BCUT2D eigenvalue weighted by atomic mass is 10.1. The highest BCUT2D eigenvalue weighted by Gasteiger charge is 2.38. The van der Waals surface area contributed by atoms with Gasteiger partial charge in [0.2, 0.25) is 11.8 Å². The van der Waals surface area contributed by atoms with Gasteiger partial charge in [0.1, 0.15) is 28.2 Å². The van der Waals surface area contributed by atoms with E-state index in [0.29, 0.717) is 53.1 Å². The number of amides is 5. The number of fused-ring (bicyclic) bond motifs is 2. The van der Waals surface area contributed by atoms with Gasteiger partial charge in [0.05, 0.1) is 38.4 Å². The number of rotatable bonds is 7. The monoisotopic (exact) mass is 785 g/mol. The van der Waals surface area contributed by atoms with Gasteiger partial charge in [-0.1, -0.05) is 11.6 Å². The van der Waals surface area contributed by atoms with Crippen molar-refractivity contribution in [2.24, 2.45) is 0 Å². The van der Waals surface area contributed by atoms with Gasteiger partial charge in [0.25, 0.3) is 11.8 Å². The first-order chi connectivity index (χ1) is 26.8. The van der Waals surface area contributed by atoms with E-state index in [2.05, 4.69) is 36.0 Å². The zero-order chi connectivity index (χ0) is 39.3. The van der Waals surface area contributed by atoms with Gasteiger partial charge in [-0.25, -0.2) is 14.8 Å². The number of morpholine rings is 1. The van der Waals surface area contributed by atoms with E-state index in [1.54, 1.807) is 54.6 Å². The van der Waals surface area contributed by atoms with Crippen LogP contribution in [0.4, 0.5) is 22.2 Å². The minimum Gasteiger partial charge on any atom is -0.443 e. The molecule has 7 heterocycles. The van der Waals surface area contributed by atoms with Gasteiger partial charge in [-0.05, 0) is 58.6 Å². The molecule has 0 atom stereocenters. The molecule has 19 heteroatoms. The third-order valence-corrected chi connectivity index (χ3v) is 9.59. The van der Waals surface area contributed by atoms with Crippen molar-refractivity contribution in [2.75, 3.05) is 41.4 Å². The Hall–Kier alpha value is -5.88. The molecule has 56 heavy (non-hydrogen) atoms. The first-order valence-electron chi connectivity index (χ1n) is 18.4. The van der Waals surface area contributed by atoms with Crippen LogP contribution in [0.15, 0.2) is 35.7 Å². The Kier molecular flexibility index (Phi) is 9.69. The fraction of sp³-hybridized carbons (Fsp3) is 0.432. The molecule has 0 unspecified atom stereocenters. The second-order valence-electron chi connectivity index (χ2n) is 15.2. The van der Waals surface area contributed by atoms with Crippen molar-refractivity contribution < 1.29 is 33.4 Å². The van der Waals surface area contributed by atoms with Gasteiger partial charge in [-0.15, -0.1) is 0 Å². The summed E-state index contributed by atoms with van der Waals surface area (Å²) in [6, 6.07) is 4.05. The highest BCUT2D eigenvalue weighted by atomic mass is 35.5. The minimum absolute atomic E-state index is 0.00393. The normalized spacial score (nSPS) is 20.1. The van der Waals surface area contributed by atoms with E-state index in [4.69, 9.17) is 26.1 Å². The summed E-state index contributed by atoms with van der Waals surface area (Å²) >= 11 is 6.24. The number of nitrogens with one attached hydrogen (secondary N) is 3. The topological polar surface area (TPSA) is 207 Å². The van der Waals surface area contributed by atoms with Crippen LogP contribution in [0.3, 0.4) is 0 Å². The molecule has 0 radical (unpaired) electrons. The van der Waals surface area contributed by atoms with Crippen LogP contribution in [0.5, 0.6) is 0 Å². The van der Waals surface area contributed by atoms with Crippen molar-refractivity contribution in [3.63, 3.8) is 0 Å². The third-order valence-electron chi connectivity index (χ3n) is 9.40. The Labute approximate surface area is 325 Å². The number of aromatic nitrogens is 6. The molecule has 0 aromatic carbocycles. The fourth-order valence-corrected chi connectivity index (χ4v) is 6.64. The highest BCUT2D eigenvalue weighted by molar-refractivity contribution is 6.30. The first kappa shape index (κ1) is 37.1. The largest absolute Gasteiger partial charge is 0.443 e. The molecule has 18 nitrogen and oxygen atoms in total. The second-order valence-corrected chi connectivity index (χ2v) is 15.5. The quantitative estimate of drug-likeness (QED) is 0.140. The summed E-state index contributed by atoms with van der Waals surface area (Å²) in [7, 11) is 0. The molecule has 3 N–H and O–H groups in total.